The number of nitrogens with zero attached hydrogens (tertiary/aromatic N) is 2. The monoisotopic (exact) mass is 266 g/mol. The molecule has 19 heavy (non-hydrogen) atoms. The number of benzene rings is 1. The Morgan fingerprint density at radius 1 is 1.47 bits per heavy atom. The van der Waals surface area contributed by atoms with Crippen LogP contribution in [0, 0.1) is 5.82 Å². The fourth-order valence-corrected chi connectivity index (χ4v) is 2.47. The summed E-state index contributed by atoms with van der Waals surface area (Å²) < 4.78 is 13.3. The van der Waals surface area contributed by atoms with Gasteiger partial charge in [0.15, 0.2) is 0 Å². The molecule has 1 aromatic carbocycles. The van der Waals surface area contributed by atoms with Crippen molar-refractivity contribution in [1.82, 2.24) is 4.90 Å². The molecule has 1 aliphatic rings. The van der Waals surface area contributed by atoms with Gasteiger partial charge in [-0.3, -0.25) is 9.69 Å². The highest BCUT2D eigenvalue weighted by atomic mass is 19.1. The van der Waals surface area contributed by atoms with Gasteiger partial charge in [-0.1, -0.05) is 6.07 Å². The van der Waals surface area contributed by atoms with E-state index in [4.69, 9.17) is 5.11 Å². The summed E-state index contributed by atoms with van der Waals surface area (Å²) in [5.74, 6) is -0.434. The van der Waals surface area contributed by atoms with Crippen molar-refractivity contribution in [3.8, 4) is 0 Å². The number of hydrogen-bond donors (Lipinski definition) is 1. The molecule has 4 nitrogen and oxygen atoms in total. The number of hydrogen-bond acceptors (Lipinski definition) is 3. The molecule has 0 radical (unpaired) electrons. The number of rotatable bonds is 3. The molecular formula is C14H19FN2O2. The standard InChI is InChI=1S/C14H19FN2O2/c1-10-9-17(12-5-3-4-11(15)8-12)14(19)13(6-7-18)16(10)2/h3-5,8,10,13,18H,6-7,9H2,1-2H3. The third-order valence-corrected chi connectivity index (χ3v) is 3.71. The quantitative estimate of drug-likeness (QED) is 0.895. The molecule has 1 heterocycles. The molecule has 2 rings (SSSR count). The van der Waals surface area contributed by atoms with E-state index < -0.39 is 0 Å². The molecule has 0 spiro atoms. The van der Waals surface area contributed by atoms with Crippen LogP contribution in [0.4, 0.5) is 10.1 Å². The van der Waals surface area contributed by atoms with Crippen molar-refractivity contribution in [2.75, 3.05) is 25.1 Å². The Kier molecular flexibility index (Phi) is 4.17. The lowest BCUT2D eigenvalue weighted by Gasteiger charge is -2.42. The van der Waals surface area contributed by atoms with Crippen molar-refractivity contribution in [1.29, 1.82) is 0 Å². The van der Waals surface area contributed by atoms with Crippen LogP contribution in [0.3, 0.4) is 0 Å². The smallest absolute Gasteiger partial charge is 0.244 e. The van der Waals surface area contributed by atoms with Gasteiger partial charge in [-0.25, -0.2) is 4.39 Å². The van der Waals surface area contributed by atoms with E-state index in [0.717, 1.165) is 0 Å². The number of aliphatic hydroxyl groups is 1. The first-order valence-electron chi connectivity index (χ1n) is 6.44. The fraction of sp³-hybridized carbons (Fsp3) is 0.500. The molecule has 2 unspecified atom stereocenters. The fourth-order valence-electron chi connectivity index (χ4n) is 2.47. The zero-order chi connectivity index (χ0) is 14.0. The summed E-state index contributed by atoms with van der Waals surface area (Å²) in [6, 6.07) is 5.87. The molecule has 1 saturated heterocycles. The molecule has 0 saturated carbocycles. The van der Waals surface area contributed by atoms with Crippen molar-refractivity contribution in [3.63, 3.8) is 0 Å². The molecular weight excluding hydrogens is 247 g/mol. The van der Waals surface area contributed by atoms with Crippen molar-refractivity contribution in [2.45, 2.75) is 25.4 Å². The van der Waals surface area contributed by atoms with E-state index in [0.29, 0.717) is 18.7 Å². The van der Waals surface area contributed by atoms with Gasteiger partial charge < -0.3 is 10.0 Å². The average Bonchev–Trinajstić information content (AvgIpc) is 2.39. The Morgan fingerprint density at radius 2 is 2.21 bits per heavy atom. The lowest BCUT2D eigenvalue weighted by atomic mass is 10.0. The van der Waals surface area contributed by atoms with Gasteiger partial charge in [0.25, 0.3) is 0 Å². The first kappa shape index (κ1) is 14.0. The number of carbonyl (C=O) groups is 1. The molecule has 1 fully saturated rings. The van der Waals surface area contributed by atoms with E-state index in [-0.39, 0.29) is 30.4 Å². The Bertz CT molecular complexity index is 467. The summed E-state index contributed by atoms with van der Waals surface area (Å²) in [7, 11) is 1.88. The van der Waals surface area contributed by atoms with Crippen LogP contribution in [0.5, 0.6) is 0 Å². The Balaban J connectivity index is 2.28. The SMILES string of the molecule is CC1CN(c2cccc(F)c2)C(=O)C(CCO)N1C. The van der Waals surface area contributed by atoms with Crippen LogP contribution in [0.25, 0.3) is 0 Å². The van der Waals surface area contributed by atoms with E-state index in [1.165, 1.54) is 12.1 Å². The predicted molar refractivity (Wildman–Crippen MR) is 71.5 cm³/mol. The number of piperazine rings is 1. The average molecular weight is 266 g/mol. The Morgan fingerprint density at radius 3 is 2.84 bits per heavy atom. The van der Waals surface area contributed by atoms with Crippen LogP contribution in [-0.4, -0.2) is 48.2 Å². The second kappa shape index (κ2) is 5.67. The van der Waals surface area contributed by atoms with E-state index >= 15 is 0 Å². The number of amides is 1. The Hall–Kier alpha value is -1.46. The zero-order valence-corrected chi connectivity index (χ0v) is 11.2. The minimum atomic E-state index is -0.351. The first-order chi connectivity index (χ1) is 9.04. The summed E-state index contributed by atoms with van der Waals surface area (Å²) in [4.78, 5) is 16.0. The van der Waals surface area contributed by atoms with Crippen molar-refractivity contribution in [2.24, 2.45) is 0 Å². The maximum absolute atomic E-state index is 13.3. The number of halogens is 1. The first-order valence-corrected chi connectivity index (χ1v) is 6.44. The van der Waals surface area contributed by atoms with E-state index in [2.05, 4.69) is 0 Å². The highest BCUT2D eigenvalue weighted by Crippen LogP contribution is 2.24. The summed E-state index contributed by atoms with van der Waals surface area (Å²) in [6.07, 6.45) is 0.394. The third kappa shape index (κ3) is 2.77. The normalized spacial score (nSPS) is 24.8. The molecule has 1 amide bonds. The van der Waals surface area contributed by atoms with Gasteiger partial charge in [-0.15, -0.1) is 0 Å². The van der Waals surface area contributed by atoms with Gasteiger partial charge in [-0.05, 0) is 38.6 Å². The second-order valence-electron chi connectivity index (χ2n) is 4.97. The minimum absolute atomic E-state index is 0.0372. The highest BCUT2D eigenvalue weighted by Gasteiger charge is 2.36. The largest absolute Gasteiger partial charge is 0.396 e. The third-order valence-electron chi connectivity index (χ3n) is 3.71. The summed E-state index contributed by atoms with van der Waals surface area (Å²) in [5, 5.41) is 9.08. The van der Waals surface area contributed by atoms with Gasteiger partial charge in [-0.2, -0.15) is 0 Å². The molecule has 0 bridgehead atoms. The van der Waals surface area contributed by atoms with Crippen LogP contribution in [0.2, 0.25) is 0 Å². The zero-order valence-electron chi connectivity index (χ0n) is 11.2. The van der Waals surface area contributed by atoms with Crippen LogP contribution in [-0.2, 0) is 4.79 Å². The van der Waals surface area contributed by atoms with Crippen LogP contribution in [0.1, 0.15) is 13.3 Å². The predicted octanol–water partition coefficient (Wildman–Crippen LogP) is 1.24. The van der Waals surface area contributed by atoms with Gasteiger partial charge in [0.05, 0.1) is 6.04 Å². The van der Waals surface area contributed by atoms with E-state index in [1.54, 1.807) is 17.0 Å². The van der Waals surface area contributed by atoms with Gasteiger partial charge in [0.1, 0.15) is 5.82 Å². The molecule has 1 aliphatic heterocycles. The van der Waals surface area contributed by atoms with E-state index in [9.17, 15) is 9.18 Å². The molecule has 5 heteroatoms. The molecule has 104 valence electrons. The summed E-state index contributed by atoms with van der Waals surface area (Å²) in [5.41, 5.74) is 0.577. The lowest BCUT2D eigenvalue weighted by Crippen LogP contribution is -2.60. The van der Waals surface area contributed by atoms with Gasteiger partial charge in [0, 0.05) is 24.9 Å². The van der Waals surface area contributed by atoms with Gasteiger partial charge in [0.2, 0.25) is 5.91 Å². The molecule has 0 aliphatic carbocycles. The topological polar surface area (TPSA) is 43.8 Å². The molecule has 2 atom stereocenters. The van der Waals surface area contributed by atoms with Crippen LogP contribution in [0.15, 0.2) is 24.3 Å². The number of aliphatic hydroxyl groups excluding tert-OH is 1. The highest BCUT2D eigenvalue weighted by molar-refractivity contribution is 5.98. The molecule has 1 aromatic rings. The molecule has 1 N–H and O–H groups in total. The summed E-state index contributed by atoms with van der Waals surface area (Å²) >= 11 is 0. The van der Waals surface area contributed by atoms with E-state index in [1.807, 2.05) is 18.9 Å². The maximum Gasteiger partial charge on any atom is 0.244 e. The lowest BCUT2D eigenvalue weighted by molar-refractivity contribution is -0.127. The maximum atomic E-state index is 13.3. The number of likely N-dealkylation sites (N-methyl/N-ethyl adjacent to an activating group) is 1. The van der Waals surface area contributed by atoms with Crippen LogP contribution < -0.4 is 4.90 Å². The summed E-state index contributed by atoms with van der Waals surface area (Å²) in [6.45, 7) is 2.51. The van der Waals surface area contributed by atoms with Crippen molar-refractivity contribution in [3.05, 3.63) is 30.1 Å². The Labute approximate surface area is 112 Å². The number of carbonyl (C=O) groups excluding carboxylic acids is 1. The van der Waals surface area contributed by atoms with Crippen molar-refractivity contribution < 1.29 is 14.3 Å². The number of anilines is 1. The van der Waals surface area contributed by atoms with Gasteiger partial charge >= 0.3 is 0 Å². The van der Waals surface area contributed by atoms with Crippen LogP contribution >= 0.6 is 0 Å². The molecule has 0 aromatic heterocycles. The minimum Gasteiger partial charge on any atom is -0.396 e. The van der Waals surface area contributed by atoms with Crippen molar-refractivity contribution >= 4 is 11.6 Å². The second-order valence-corrected chi connectivity index (χ2v) is 4.97.